The Morgan fingerprint density at radius 3 is 2.63 bits per heavy atom. The number of aliphatic imine (C=N–C) groups is 1. The van der Waals surface area contributed by atoms with Crippen molar-refractivity contribution in [2.45, 2.75) is 38.8 Å². The van der Waals surface area contributed by atoms with Gasteiger partial charge in [-0.2, -0.15) is 5.26 Å². The van der Waals surface area contributed by atoms with E-state index in [1.807, 2.05) is 50.2 Å². The van der Waals surface area contributed by atoms with Crippen LogP contribution in [-0.2, 0) is 4.79 Å². The topological polar surface area (TPSA) is 56.5 Å². The summed E-state index contributed by atoms with van der Waals surface area (Å²) in [6.45, 7) is 5.52. The second-order valence-electron chi connectivity index (χ2n) is 5.03. The van der Waals surface area contributed by atoms with E-state index in [9.17, 15) is 4.79 Å². The first-order valence-corrected chi connectivity index (χ1v) is 6.31. The standard InChI is InChI=1S/C15H17N3O/c1-11(13-7-5-4-6-8-13)18-12(2)17-15(3,9-10-16)14(18)19/h4-8,11H,9H2,1-3H3. The number of carbonyl (C=O) groups excluding carboxylic acids is 1. The molecule has 1 aliphatic rings. The first-order valence-electron chi connectivity index (χ1n) is 6.31. The van der Waals surface area contributed by atoms with Crippen molar-refractivity contribution >= 4 is 11.7 Å². The van der Waals surface area contributed by atoms with E-state index >= 15 is 0 Å². The molecule has 1 aliphatic heterocycles. The highest BCUT2D eigenvalue weighted by molar-refractivity contribution is 6.07. The fourth-order valence-corrected chi connectivity index (χ4v) is 2.47. The molecule has 0 aromatic heterocycles. The lowest BCUT2D eigenvalue weighted by Crippen LogP contribution is -2.41. The van der Waals surface area contributed by atoms with E-state index in [1.54, 1.807) is 11.8 Å². The fraction of sp³-hybridized carbons (Fsp3) is 0.400. The third kappa shape index (κ3) is 2.24. The van der Waals surface area contributed by atoms with Gasteiger partial charge in [0.25, 0.3) is 5.91 Å². The molecule has 0 saturated heterocycles. The van der Waals surface area contributed by atoms with E-state index in [4.69, 9.17) is 5.26 Å². The minimum atomic E-state index is -0.929. The van der Waals surface area contributed by atoms with Gasteiger partial charge in [0.1, 0.15) is 5.84 Å². The zero-order chi connectivity index (χ0) is 14.0. The fourth-order valence-electron chi connectivity index (χ4n) is 2.47. The number of hydrogen-bond acceptors (Lipinski definition) is 3. The monoisotopic (exact) mass is 255 g/mol. The molecule has 4 nitrogen and oxygen atoms in total. The molecule has 0 fully saturated rings. The predicted molar refractivity (Wildman–Crippen MR) is 73.4 cm³/mol. The third-order valence-electron chi connectivity index (χ3n) is 3.53. The average molecular weight is 255 g/mol. The SMILES string of the molecule is CC1=NC(C)(CC#N)C(=O)N1C(C)c1ccccc1. The summed E-state index contributed by atoms with van der Waals surface area (Å²) in [6.07, 6.45) is 0.112. The largest absolute Gasteiger partial charge is 0.291 e. The summed E-state index contributed by atoms with van der Waals surface area (Å²) in [7, 11) is 0. The van der Waals surface area contributed by atoms with E-state index in [0.29, 0.717) is 5.84 Å². The van der Waals surface area contributed by atoms with Gasteiger partial charge in [-0.25, -0.2) is 0 Å². The Morgan fingerprint density at radius 2 is 2.05 bits per heavy atom. The van der Waals surface area contributed by atoms with E-state index in [-0.39, 0.29) is 18.4 Å². The third-order valence-corrected chi connectivity index (χ3v) is 3.53. The van der Waals surface area contributed by atoms with Crippen LogP contribution < -0.4 is 0 Å². The van der Waals surface area contributed by atoms with E-state index < -0.39 is 5.54 Å². The molecule has 2 rings (SSSR count). The van der Waals surface area contributed by atoms with Crippen molar-refractivity contribution in [3.63, 3.8) is 0 Å². The zero-order valence-corrected chi connectivity index (χ0v) is 11.4. The number of amides is 1. The smallest absolute Gasteiger partial charge is 0.257 e. The van der Waals surface area contributed by atoms with Gasteiger partial charge in [0.05, 0.1) is 18.5 Å². The van der Waals surface area contributed by atoms with Crippen LogP contribution in [-0.4, -0.2) is 22.2 Å². The number of benzene rings is 1. The molecule has 1 aromatic carbocycles. The number of amidine groups is 1. The van der Waals surface area contributed by atoms with Crippen LogP contribution in [0.1, 0.15) is 38.8 Å². The van der Waals surface area contributed by atoms with Crippen LogP contribution in [0.15, 0.2) is 35.3 Å². The molecule has 0 spiro atoms. The molecule has 2 unspecified atom stereocenters. The number of carbonyl (C=O) groups is 1. The molecular formula is C15H17N3O. The van der Waals surface area contributed by atoms with Crippen LogP contribution in [0.4, 0.5) is 0 Å². The summed E-state index contributed by atoms with van der Waals surface area (Å²) in [4.78, 5) is 18.6. The highest BCUT2D eigenvalue weighted by Gasteiger charge is 2.44. The predicted octanol–water partition coefficient (Wildman–Crippen LogP) is 2.68. The van der Waals surface area contributed by atoms with Gasteiger partial charge in [0.2, 0.25) is 0 Å². The Labute approximate surface area is 113 Å². The molecule has 19 heavy (non-hydrogen) atoms. The van der Waals surface area contributed by atoms with E-state index in [2.05, 4.69) is 4.99 Å². The first-order chi connectivity index (χ1) is 8.99. The normalized spacial score (nSPS) is 24.0. The Balaban J connectivity index is 2.31. The van der Waals surface area contributed by atoms with Gasteiger partial charge in [-0.1, -0.05) is 30.3 Å². The van der Waals surface area contributed by atoms with Crippen molar-refractivity contribution in [1.29, 1.82) is 5.26 Å². The van der Waals surface area contributed by atoms with Gasteiger partial charge < -0.3 is 0 Å². The van der Waals surface area contributed by atoms with Crippen molar-refractivity contribution in [2.24, 2.45) is 4.99 Å². The van der Waals surface area contributed by atoms with Gasteiger partial charge in [-0.15, -0.1) is 0 Å². The highest BCUT2D eigenvalue weighted by Crippen LogP contribution is 2.32. The summed E-state index contributed by atoms with van der Waals surface area (Å²) < 4.78 is 0. The maximum Gasteiger partial charge on any atom is 0.257 e. The minimum Gasteiger partial charge on any atom is -0.291 e. The molecule has 0 radical (unpaired) electrons. The Kier molecular flexibility index (Phi) is 3.39. The molecule has 0 aliphatic carbocycles. The molecule has 98 valence electrons. The number of nitriles is 1. The number of hydrogen-bond donors (Lipinski definition) is 0. The summed E-state index contributed by atoms with van der Waals surface area (Å²) in [5.74, 6) is 0.585. The number of rotatable bonds is 3. The Morgan fingerprint density at radius 1 is 1.42 bits per heavy atom. The molecule has 2 atom stereocenters. The van der Waals surface area contributed by atoms with Gasteiger partial charge in [-0.05, 0) is 26.3 Å². The lowest BCUT2D eigenvalue weighted by molar-refractivity contribution is -0.132. The lowest BCUT2D eigenvalue weighted by Gasteiger charge is -2.27. The molecular weight excluding hydrogens is 238 g/mol. The second kappa shape index (κ2) is 4.85. The van der Waals surface area contributed by atoms with Crippen LogP contribution in [0, 0.1) is 11.3 Å². The van der Waals surface area contributed by atoms with Gasteiger partial charge in [-0.3, -0.25) is 14.7 Å². The average Bonchev–Trinajstić information content (AvgIpc) is 2.61. The maximum absolute atomic E-state index is 12.5. The minimum absolute atomic E-state index is 0.0713. The van der Waals surface area contributed by atoms with Crippen LogP contribution in [0.3, 0.4) is 0 Å². The molecule has 1 aromatic rings. The van der Waals surface area contributed by atoms with Crippen molar-refractivity contribution in [1.82, 2.24) is 4.90 Å². The lowest BCUT2D eigenvalue weighted by atomic mass is 9.98. The van der Waals surface area contributed by atoms with Crippen molar-refractivity contribution in [3.8, 4) is 6.07 Å². The molecule has 4 heteroatoms. The van der Waals surface area contributed by atoms with E-state index in [0.717, 1.165) is 5.56 Å². The Hall–Kier alpha value is -2.15. The Bertz CT molecular complexity index is 559. The molecule has 1 heterocycles. The number of nitrogens with zero attached hydrogens (tertiary/aromatic N) is 3. The highest BCUT2D eigenvalue weighted by atomic mass is 16.2. The van der Waals surface area contributed by atoms with Crippen LogP contribution >= 0.6 is 0 Å². The van der Waals surface area contributed by atoms with Gasteiger partial charge >= 0.3 is 0 Å². The van der Waals surface area contributed by atoms with Crippen LogP contribution in [0.5, 0.6) is 0 Å². The first kappa shape index (κ1) is 13.3. The maximum atomic E-state index is 12.5. The van der Waals surface area contributed by atoms with Crippen molar-refractivity contribution in [2.75, 3.05) is 0 Å². The van der Waals surface area contributed by atoms with Crippen molar-refractivity contribution < 1.29 is 4.79 Å². The van der Waals surface area contributed by atoms with Gasteiger partial charge in [0.15, 0.2) is 5.54 Å². The van der Waals surface area contributed by atoms with E-state index in [1.165, 1.54) is 0 Å². The second-order valence-corrected chi connectivity index (χ2v) is 5.03. The molecule has 0 N–H and O–H groups in total. The van der Waals surface area contributed by atoms with Crippen molar-refractivity contribution in [3.05, 3.63) is 35.9 Å². The van der Waals surface area contributed by atoms with Crippen LogP contribution in [0.2, 0.25) is 0 Å². The zero-order valence-electron chi connectivity index (χ0n) is 11.4. The molecule has 1 amide bonds. The van der Waals surface area contributed by atoms with Crippen LogP contribution in [0.25, 0.3) is 0 Å². The molecule has 0 saturated carbocycles. The summed E-state index contributed by atoms with van der Waals surface area (Å²) in [5, 5.41) is 8.85. The summed E-state index contributed by atoms with van der Waals surface area (Å²) in [6, 6.07) is 11.8. The van der Waals surface area contributed by atoms with Gasteiger partial charge in [0, 0.05) is 0 Å². The summed E-state index contributed by atoms with van der Waals surface area (Å²) in [5.41, 5.74) is 0.133. The molecule has 0 bridgehead atoms. The quantitative estimate of drug-likeness (QED) is 0.833. The summed E-state index contributed by atoms with van der Waals surface area (Å²) >= 11 is 0.